The summed E-state index contributed by atoms with van der Waals surface area (Å²) >= 11 is 0. The van der Waals surface area contributed by atoms with Gasteiger partial charge in [0, 0.05) is 30.6 Å². The molecule has 3 heterocycles. The van der Waals surface area contributed by atoms with E-state index in [1.54, 1.807) is 38.2 Å². The number of rotatable bonds is 7. The highest BCUT2D eigenvalue weighted by Gasteiger charge is 2.42. The Morgan fingerprint density at radius 2 is 1.92 bits per heavy atom. The molecule has 12 nitrogen and oxygen atoms in total. The molecule has 2 aromatic rings. The zero-order chi connectivity index (χ0) is 27.1. The predicted molar refractivity (Wildman–Crippen MR) is 126 cm³/mol. The van der Waals surface area contributed by atoms with E-state index in [1.807, 2.05) is 0 Å². The number of carbonyl (C=O) groups excluding carboxylic acids is 4. The number of carbonyl (C=O) groups is 4. The number of hydrogen-bond donors (Lipinski definition) is 2. The Bertz CT molecular complexity index is 1140. The third kappa shape index (κ3) is 6.72. The Balaban J connectivity index is 1.87. The molecule has 198 valence electrons. The molecular formula is C25H29N3O9. The third-order valence-electron chi connectivity index (χ3n) is 5.65. The number of aromatic hydroxyl groups is 1. The number of aromatic nitrogens is 2. The summed E-state index contributed by atoms with van der Waals surface area (Å²) in [6.45, 7) is 4.18. The maximum atomic E-state index is 13.2. The van der Waals surface area contributed by atoms with Gasteiger partial charge in [-0.05, 0) is 19.1 Å². The summed E-state index contributed by atoms with van der Waals surface area (Å²) in [7, 11) is 1.30. The van der Waals surface area contributed by atoms with E-state index < -0.39 is 72.0 Å². The monoisotopic (exact) mass is 515 g/mol. The van der Waals surface area contributed by atoms with Gasteiger partial charge in [0.15, 0.2) is 29.3 Å². The van der Waals surface area contributed by atoms with Crippen LogP contribution < -0.4 is 10.1 Å². The maximum Gasteiger partial charge on any atom is 0.332 e. The van der Waals surface area contributed by atoms with E-state index in [4.69, 9.17) is 18.9 Å². The lowest BCUT2D eigenvalue weighted by Gasteiger charge is -2.29. The molecule has 4 unspecified atom stereocenters. The Morgan fingerprint density at radius 3 is 2.57 bits per heavy atom. The van der Waals surface area contributed by atoms with E-state index in [0.29, 0.717) is 5.69 Å². The van der Waals surface area contributed by atoms with Crippen LogP contribution in [0.3, 0.4) is 0 Å². The smallest absolute Gasteiger partial charge is 0.332 e. The van der Waals surface area contributed by atoms with Crippen molar-refractivity contribution in [3.05, 3.63) is 48.0 Å². The quantitative estimate of drug-likeness (QED) is 0.402. The average molecular weight is 516 g/mol. The number of pyridine rings is 2. The summed E-state index contributed by atoms with van der Waals surface area (Å²) in [5.74, 6) is -5.27. The van der Waals surface area contributed by atoms with E-state index >= 15 is 0 Å². The molecule has 1 aliphatic rings. The van der Waals surface area contributed by atoms with Crippen molar-refractivity contribution in [3.63, 3.8) is 0 Å². The van der Waals surface area contributed by atoms with Crippen LogP contribution >= 0.6 is 0 Å². The molecule has 0 saturated carbocycles. The van der Waals surface area contributed by atoms with Crippen molar-refractivity contribution in [2.45, 2.75) is 45.4 Å². The van der Waals surface area contributed by atoms with Crippen LogP contribution in [0, 0.1) is 11.8 Å². The molecule has 12 heteroatoms. The largest absolute Gasteiger partial charge is 0.503 e. The van der Waals surface area contributed by atoms with Gasteiger partial charge >= 0.3 is 17.9 Å². The molecule has 1 fully saturated rings. The minimum absolute atomic E-state index is 0.00409. The first-order valence-corrected chi connectivity index (χ1v) is 11.6. The predicted octanol–water partition coefficient (Wildman–Crippen LogP) is 1.20. The van der Waals surface area contributed by atoms with Crippen molar-refractivity contribution in [1.29, 1.82) is 0 Å². The fourth-order valence-corrected chi connectivity index (χ4v) is 3.62. The lowest BCUT2D eigenvalue weighted by molar-refractivity contribution is -0.176. The van der Waals surface area contributed by atoms with E-state index in [1.165, 1.54) is 26.3 Å². The summed E-state index contributed by atoms with van der Waals surface area (Å²) < 4.78 is 21.5. The van der Waals surface area contributed by atoms with Gasteiger partial charge in [-0.15, -0.1) is 0 Å². The highest BCUT2D eigenvalue weighted by molar-refractivity contribution is 5.98. The number of ether oxygens (including phenoxy) is 4. The van der Waals surface area contributed by atoms with Crippen molar-refractivity contribution in [1.82, 2.24) is 15.3 Å². The number of nitrogens with one attached hydrogen (secondary N) is 1. The minimum Gasteiger partial charge on any atom is -0.503 e. The van der Waals surface area contributed by atoms with Gasteiger partial charge < -0.3 is 29.4 Å². The summed E-state index contributed by atoms with van der Waals surface area (Å²) in [5, 5.41) is 12.6. The number of nitrogens with zero attached hydrogens (tertiary/aromatic N) is 2. The molecule has 37 heavy (non-hydrogen) atoms. The standard InChI is InChI=1S/C25H29N3O9/c1-13(2)23(31)37-21-14(3)36-25(33)17(28-22(30)19-20(29)18(34-4)8-10-27-19)12-35-24(32)16(21)11-15-7-5-6-9-26-15/h5-10,13-14,16-17,21,29H,11-12H2,1-4H3,(H,28,30). The van der Waals surface area contributed by atoms with Crippen molar-refractivity contribution in [3.8, 4) is 11.5 Å². The Morgan fingerprint density at radius 1 is 1.16 bits per heavy atom. The number of methoxy groups -OCH3 is 1. The Labute approximate surface area is 213 Å². The van der Waals surface area contributed by atoms with Gasteiger partial charge in [-0.2, -0.15) is 0 Å². The lowest BCUT2D eigenvalue weighted by Crippen LogP contribution is -2.47. The van der Waals surface area contributed by atoms with Crippen LogP contribution in [-0.2, 0) is 35.0 Å². The molecule has 2 N–H and O–H groups in total. The van der Waals surface area contributed by atoms with Crippen molar-refractivity contribution >= 4 is 23.8 Å². The molecule has 1 saturated heterocycles. The second-order valence-electron chi connectivity index (χ2n) is 8.70. The molecule has 0 aromatic carbocycles. The first-order chi connectivity index (χ1) is 17.6. The third-order valence-corrected chi connectivity index (χ3v) is 5.65. The van der Waals surface area contributed by atoms with Crippen molar-refractivity contribution in [2.24, 2.45) is 11.8 Å². The number of hydrogen-bond acceptors (Lipinski definition) is 11. The van der Waals surface area contributed by atoms with Gasteiger partial charge in [-0.25, -0.2) is 9.78 Å². The molecule has 1 amide bonds. The number of esters is 3. The molecule has 0 aliphatic carbocycles. The van der Waals surface area contributed by atoms with Gasteiger partial charge in [0.2, 0.25) is 0 Å². The molecule has 0 radical (unpaired) electrons. The molecule has 3 rings (SSSR count). The van der Waals surface area contributed by atoms with Crippen molar-refractivity contribution in [2.75, 3.05) is 13.7 Å². The van der Waals surface area contributed by atoms with Gasteiger partial charge in [0.25, 0.3) is 5.91 Å². The van der Waals surface area contributed by atoms with Crippen LogP contribution in [0.2, 0.25) is 0 Å². The molecular weight excluding hydrogens is 486 g/mol. The minimum atomic E-state index is -1.43. The van der Waals surface area contributed by atoms with Crippen LogP contribution in [0.4, 0.5) is 0 Å². The van der Waals surface area contributed by atoms with Crippen LogP contribution in [0.15, 0.2) is 36.7 Å². The maximum absolute atomic E-state index is 13.2. The van der Waals surface area contributed by atoms with Crippen LogP contribution in [-0.4, -0.2) is 70.9 Å². The molecule has 4 atom stereocenters. The zero-order valence-electron chi connectivity index (χ0n) is 20.9. The normalized spacial score (nSPS) is 22.1. The molecule has 0 spiro atoms. The topological polar surface area (TPSA) is 163 Å². The SMILES string of the molecule is COc1ccnc(C(=O)NC2COC(=O)C(Cc3ccccn3)C(OC(=O)C(C)C)C(C)OC2=O)c1O. The fourth-order valence-electron chi connectivity index (χ4n) is 3.62. The Kier molecular flexibility index (Phi) is 8.99. The van der Waals surface area contributed by atoms with E-state index in [2.05, 4.69) is 15.3 Å². The first-order valence-electron chi connectivity index (χ1n) is 11.6. The van der Waals surface area contributed by atoms with Crippen LogP contribution in [0.25, 0.3) is 0 Å². The zero-order valence-corrected chi connectivity index (χ0v) is 20.9. The van der Waals surface area contributed by atoms with Crippen LogP contribution in [0.1, 0.15) is 37.0 Å². The van der Waals surface area contributed by atoms with E-state index in [9.17, 15) is 24.3 Å². The van der Waals surface area contributed by atoms with Crippen molar-refractivity contribution < 1.29 is 43.2 Å². The highest BCUT2D eigenvalue weighted by atomic mass is 16.6. The number of amides is 1. The molecule has 2 aromatic heterocycles. The summed E-state index contributed by atoms with van der Waals surface area (Å²) in [4.78, 5) is 59.4. The summed E-state index contributed by atoms with van der Waals surface area (Å²) in [5.41, 5.74) is 0.139. The Hall–Kier alpha value is -4.22. The highest BCUT2D eigenvalue weighted by Crippen LogP contribution is 2.28. The summed E-state index contributed by atoms with van der Waals surface area (Å²) in [6.07, 6.45) is 0.606. The fraction of sp³-hybridized carbons (Fsp3) is 0.440. The van der Waals surface area contributed by atoms with Gasteiger partial charge in [-0.1, -0.05) is 19.9 Å². The second kappa shape index (κ2) is 12.2. The average Bonchev–Trinajstić information content (AvgIpc) is 2.91. The van der Waals surface area contributed by atoms with E-state index in [-0.39, 0.29) is 12.2 Å². The van der Waals surface area contributed by atoms with E-state index in [0.717, 1.165) is 0 Å². The lowest BCUT2D eigenvalue weighted by atomic mass is 9.92. The molecule has 0 bridgehead atoms. The summed E-state index contributed by atoms with van der Waals surface area (Å²) in [6, 6.07) is 5.09. The van der Waals surface area contributed by atoms with Gasteiger partial charge in [-0.3, -0.25) is 19.4 Å². The molecule has 1 aliphatic heterocycles. The number of cyclic esters (lactones) is 2. The van der Waals surface area contributed by atoms with Crippen LogP contribution in [0.5, 0.6) is 11.5 Å². The van der Waals surface area contributed by atoms with Gasteiger partial charge in [0.1, 0.15) is 18.6 Å². The second-order valence-corrected chi connectivity index (χ2v) is 8.70. The van der Waals surface area contributed by atoms with Gasteiger partial charge in [0.05, 0.1) is 13.0 Å². The first kappa shape index (κ1) is 27.4.